The average molecular weight is 328 g/mol. The lowest BCUT2D eigenvalue weighted by atomic mass is 9.99. The van der Waals surface area contributed by atoms with Crippen LogP contribution in [-0.2, 0) is 4.79 Å². The fourth-order valence-electron chi connectivity index (χ4n) is 2.21. The van der Waals surface area contributed by atoms with Gasteiger partial charge in [0.2, 0.25) is 5.91 Å². The van der Waals surface area contributed by atoms with E-state index in [9.17, 15) is 4.79 Å². The third-order valence-corrected chi connectivity index (χ3v) is 3.69. The highest BCUT2D eigenvalue weighted by molar-refractivity contribution is 9.10. The molecule has 0 aliphatic rings. The summed E-state index contributed by atoms with van der Waals surface area (Å²) in [5, 5.41) is 2.80. The van der Waals surface area contributed by atoms with Crippen molar-refractivity contribution in [1.82, 2.24) is 10.2 Å². The monoisotopic (exact) mass is 327 g/mol. The Kier molecular flexibility index (Phi) is 6.48. The lowest BCUT2D eigenvalue weighted by Gasteiger charge is -2.31. The molecule has 0 saturated carbocycles. The van der Waals surface area contributed by atoms with Gasteiger partial charge in [-0.25, -0.2) is 0 Å². The Hall–Kier alpha value is -0.910. The van der Waals surface area contributed by atoms with E-state index in [4.69, 9.17) is 5.73 Å². The summed E-state index contributed by atoms with van der Waals surface area (Å²) in [5.74, 6) is 0.0164. The van der Waals surface area contributed by atoms with Crippen LogP contribution in [0, 0.1) is 0 Å². The second kappa shape index (κ2) is 7.62. The first-order valence-electron chi connectivity index (χ1n) is 6.44. The van der Waals surface area contributed by atoms with Crippen LogP contribution in [0.1, 0.15) is 25.5 Å². The minimum atomic E-state index is -0.0712. The molecule has 1 rings (SSSR count). The summed E-state index contributed by atoms with van der Waals surface area (Å²) in [6.07, 6.45) is 0. The van der Waals surface area contributed by atoms with Crippen molar-refractivity contribution in [3.8, 4) is 0 Å². The van der Waals surface area contributed by atoms with Crippen molar-refractivity contribution in [2.45, 2.75) is 25.9 Å². The first-order valence-corrected chi connectivity index (χ1v) is 7.23. The minimum absolute atomic E-state index is 0.00168. The van der Waals surface area contributed by atoms with Crippen molar-refractivity contribution in [1.29, 1.82) is 0 Å². The Morgan fingerprint density at radius 2 is 2.11 bits per heavy atom. The zero-order valence-electron chi connectivity index (χ0n) is 11.7. The lowest BCUT2D eigenvalue weighted by Crippen LogP contribution is -2.42. The van der Waals surface area contributed by atoms with Gasteiger partial charge in [0.05, 0.1) is 12.6 Å². The summed E-state index contributed by atoms with van der Waals surface area (Å²) >= 11 is 3.55. The number of hydrogen-bond donors (Lipinski definition) is 2. The summed E-state index contributed by atoms with van der Waals surface area (Å²) in [4.78, 5) is 13.7. The Balaban J connectivity index is 2.89. The maximum atomic E-state index is 11.7. The van der Waals surface area contributed by atoms with Crippen molar-refractivity contribution in [3.05, 3.63) is 34.3 Å². The van der Waals surface area contributed by atoms with Crippen LogP contribution < -0.4 is 11.1 Å². The number of benzene rings is 1. The largest absolute Gasteiger partial charge is 0.355 e. The Labute approximate surface area is 123 Å². The fourth-order valence-corrected chi connectivity index (χ4v) is 2.73. The van der Waals surface area contributed by atoms with Gasteiger partial charge in [0.25, 0.3) is 0 Å². The highest BCUT2D eigenvalue weighted by Gasteiger charge is 2.24. The molecule has 4 nitrogen and oxygen atoms in total. The molecule has 1 amide bonds. The molecule has 5 heteroatoms. The van der Waals surface area contributed by atoms with Gasteiger partial charge >= 0.3 is 0 Å². The SMILES string of the molecule is CCNC(=O)CN(C)C(c1ccccc1Br)C(C)N. The predicted molar refractivity (Wildman–Crippen MR) is 81.8 cm³/mol. The van der Waals surface area contributed by atoms with E-state index in [1.807, 2.05) is 50.1 Å². The predicted octanol–water partition coefficient (Wildman–Crippen LogP) is 1.91. The molecule has 2 unspecified atom stereocenters. The molecule has 0 saturated heterocycles. The van der Waals surface area contributed by atoms with E-state index in [1.165, 1.54) is 0 Å². The molecule has 0 radical (unpaired) electrons. The van der Waals surface area contributed by atoms with Gasteiger partial charge < -0.3 is 11.1 Å². The average Bonchev–Trinajstić information content (AvgIpc) is 2.31. The zero-order chi connectivity index (χ0) is 14.4. The summed E-state index contributed by atoms with van der Waals surface area (Å²) in [6.45, 7) is 4.85. The van der Waals surface area contributed by atoms with Crippen LogP contribution >= 0.6 is 15.9 Å². The van der Waals surface area contributed by atoms with Gasteiger partial charge in [-0.15, -0.1) is 0 Å². The number of likely N-dealkylation sites (N-methyl/N-ethyl adjacent to an activating group) is 2. The van der Waals surface area contributed by atoms with E-state index >= 15 is 0 Å². The number of carbonyl (C=O) groups is 1. The molecule has 3 N–H and O–H groups in total. The molecule has 0 heterocycles. The van der Waals surface area contributed by atoms with Crippen LogP contribution in [0.15, 0.2) is 28.7 Å². The molecule has 1 aromatic rings. The Bertz CT molecular complexity index is 423. The standard InChI is InChI=1S/C14H22BrN3O/c1-4-17-13(19)9-18(3)14(10(2)16)11-7-5-6-8-12(11)15/h5-8,10,14H,4,9,16H2,1-3H3,(H,17,19). The molecule has 19 heavy (non-hydrogen) atoms. The van der Waals surface area contributed by atoms with Crippen LogP contribution in [0.2, 0.25) is 0 Å². The molecule has 0 bridgehead atoms. The summed E-state index contributed by atoms with van der Waals surface area (Å²) < 4.78 is 1.01. The van der Waals surface area contributed by atoms with Gasteiger partial charge in [-0.2, -0.15) is 0 Å². The number of nitrogens with two attached hydrogens (primary N) is 1. The summed E-state index contributed by atoms with van der Waals surface area (Å²) in [5.41, 5.74) is 7.20. The van der Waals surface area contributed by atoms with Gasteiger partial charge in [-0.05, 0) is 32.5 Å². The third-order valence-electron chi connectivity index (χ3n) is 2.96. The van der Waals surface area contributed by atoms with E-state index in [-0.39, 0.29) is 18.0 Å². The van der Waals surface area contributed by atoms with Gasteiger partial charge in [0, 0.05) is 17.1 Å². The normalized spacial score (nSPS) is 14.2. The molecule has 0 aliphatic heterocycles. The van der Waals surface area contributed by atoms with E-state index in [0.29, 0.717) is 13.1 Å². The quantitative estimate of drug-likeness (QED) is 0.839. The summed E-state index contributed by atoms with van der Waals surface area (Å²) in [7, 11) is 1.92. The van der Waals surface area contributed by atoms with Crippen LogP contribution in [0.5, 0.6) is 0 Å². The highest BCUT2D eigenvalue weighted by atomic mass is 79.9. The number of hydrogen-bond acceptors (Lipinski definition) is 3. The molecule has 0 spiro atoms. The van der Waals surface area contributed by atoms with Gasteiger partial charge in [0.15, 0.2) is 0 Å². The van der Waals surface area contributed by atoms with Gasteiger partial charge in [0.1, 0.15) is 0 Å². The number of nitrogens with zero attached hydrogens (tertiary/aromatic N) is 1. The van der Waals surface area contributed by atoms with E-state index in [0.717, 1.165) is 10.0 Å². The van der Waals surface area contributed by atoms with Crippen molar-refractivity contribution >= 4 is 21.8 Å². The first-order chi connectivity index (χ1) is 8.97. The molecular formula is C14H22BrN3O. The second-order valence-corrected chi connectivity index (χ2v) is 5.55. The van der Waals surface area contributed by atoms with Crippen molar-refractivity contribution in [2.24, 2.45) is 5.73 Å². The topological polar surface area (TPSA) is 58.4 Å². The summed E-state index contributed by atoms with van der Waals surface area (Å²) in [6, 6.07) is 7.90. The third kappa shape index (κ3) is 4.60. The molecule has 0 fully saturated rings. The zero-order valence-corrected chi connectivity index (χ0v) is 13.3. The number of halogens is 1. The molecule has 106 valence electrons. The highest BCUT2D eigenvalue weighted by Crippen LogP contribution is 2.28. The molecular weight excluding hydrogens is 306 g/mol. The second-order valence-electron chi connectivity index (χ2n) is 4.69. The van der Waals surface area contributed by atoms with Gasteiger partial charge in [-0.1, -0.05) is 34.1 Å². The Morgan fingerprint density at radius 3 is 2.63 bits per heavy atom. The molecule has 1 aromatic carbocycles. The van der Waals surface area contributed by atoms with E-state index in [1.54, 1.807) is 0 Å². The lowest BCUT2D eigenvalue weighted by molar-refractivity contribution is -0.122. The maximum absolute atomic E-state index is 11.7. The minimum Gasteiger partial charge on any atom is -0.355 e. The first kappa shape index (κ1) is 16.1. The van der Waals surface area contributed by atoms with Crippen molar-refractivity contribution < 1.29 is 4.79 Å². The smallest absolute Gasteiger partial charge is 0.234 e. The van der Waals surface area contributed by atoms with Crippen molar-refractivity contribution in [3.63, 3.8) is 0 Å². The van der Waals surface area contributed by atoms with Gasteiger partial charge in [-0.3, -0.25) is 9.69 Å². The number of carbonyl (C=O) groups excluding carboxylic acids is 1. The number of nitrogens with one attached hydrogen (secondary N) is 1. The number of amides is 1. The van der Waals surface area contributed by atoms with Crippen LogP contribution in [-0.4, -0.2) is 37.0 Å². The van der Waals surface area contributed by atoms with Crippen LogP contribution in [0.25, 0.3) is 0 Å². The van der Waals surface area contributed by atoms with E-state index in [2.05, 4.69) is 21.2 Å². The number of rotatable bonds is 6. The van der Waals surface area contributed by atoms with Crippen molar-refractivity contribution in [2.75, 3.05) is 20.1 Å². The fraction of sp³-hybridized carbons (Fsp3) is 0.500. The van der Waals surface area contributed by atoms with E-state index < -0.39 is 0 Å². The maximum Gasteiger partial charge on any atom is 0.234 e. The molecule has 2 atom stereocenters. The molecule has 0 aliphatic carbocycles. The van der Waals surface area contributed by atoms with Crippen LogP contribution in [0.4, 0.5) is 0 Å². The molecule has 0 aromatic heterocycles. The van der Waals surface area contributed by atoms with Crippen LogP contribution in [0.3, 0.4) is 0 Å². The Morgan fingerprint density at radius 1 is 1.47 bits per heavy atom.